The molecule has 1 amide bonds. The number of hydrogen-bond donors (Lipinski definition) is 0. The molecule has 1 aliphatic rings. The van der Waals surface area contributed by atoms with Crippen molar-refractivity contribution in [3.8, 4) is 17.7 Å². The molecule has 0 saturated carbocycles. The predicted molar refractivity (Wildman–Crippen MR) is 105 cm³/mol. The fourth-order valence-corrected chi connectivity index (χ4v) is 4.13. The van der Waals surface area contributed by atoms with Crippen molar-refractivity contribution >= 4 is 21.6 Å². The number of rotatable bonds is 4. The van der Waals surface area contributed by atoms with Gasteiger partial charge in [0.25, 0.3) is 21.6 Å². The average Bonchev–Trinajstić information content (AvgIpc) is 3.48. The van der Waals surface area contributed by atoms with E-state index in [0.717, 1.165) is 12.3 Å². The van der Waals surface area contributed by atoms with Crippen LogP contribution in [-0.2, 0) is 9.84 Å². The van der Waals surface area contributed by atoms with Gasteiger partial charge >= 0.3 is 5.51 Å². The number of alkyl halides is 3. The zero-order valence-corrected chi connectivity index (χ0v) is 17.4. The number of halogens is 3. The molecule has 0 aromatic carbocycles. The number of piperazine rings is 1. The van der Waals surface area contributed by atoms with Gasteiger partial charge in [0.2, 0.25) is 11.6 Å². The summed E-state index contributed by atoms with van der Waals surface area (Å²) < 4.78 is 73.6. The van der Waals surface area contributed by atoms with E-state index in [4.69, 9.17) is 8.83 Å². The third-order valence-electron chi connectivity index (χ3n) is 4.86. The first-order valence-corrected chi connectivity index (χ1v) is 10.9. The molecule has 33 heavy (non-hydrogen) atoms. The van der Waals surface area contributed by atoms with E-state index in [2.05, 4.69) is 9.97 Å². The normalized spacial score (nSPS) is 14.8. The number of sulfone groups is 1. The molecule has 3 aromatic rings. The monoisotopic (exact) mass is 481 g/mol. The van der Waals surface area contributed by atoms with E-state index in [1.54, 1.807) is 17.0 Å². The van der Waals surface area contributed by atoms with Crippen LogP contribution < -0.4 is 4.90 Å². The van der Waals surface area contributed by atoms with E-state index in [1.807, 2.05) is 6.07 Å². The second kappa shape index (κ2) is 8.24. The second-order valence-corrected chi connectivity index (χ2v) is 8.70. The number of nitrogens with zero attached hydrogens (tertiary/aromatic N) is 5. The number of furan rings is 1. The van der Waals surface area contributed by atoms with Gasteiger partial charge in [0.05, 0.1) is 11.8 Å². The van der Waals surface area contributed by atoms with E-state index in [9.17, 15) is 31.6 Å². The molecule has 0 aliphatic carbocycles. The molecular formula is C19H14F3N5O5S. The van der Waals surface area contributed by atoms with E-state index in [-0.39, 0.29) is 43.6 Å². The van der Waals surface area contributed by atoms with Crippen molar-refractivity contribution in [2.45, 2.75) is 10.5 Å². The smallest absolute Gasteiger partial charge is 0.459 e. The number of aromatic nitrogens is 2. The molecular weight excluding hydrogens is 467 g/mol. The standard InChI is InChI=1S/C19H14F3N5O5S/c20-19(21,22)33(29,30)16-12(3-1-5-24-16)17(28)26-6-8-27(9-7-26)18-13(11-23)25-15(32-18)14-4-2-10-31-14/h1-5,10H,6-9H2. The number of anilines is 1. The molecule has 14 heteroatoms. The molecule has 0 radical (unpaired) electrons. The van der Waals surface area contributed by atoms with E-state index < -0.39 is 31.8 Å². The van der Waals surface area contributed by atoms with Crippen molar-refractivity contribution in [2.24, 2.45) is 0 Å². The summed E-state index contributed by atoms with van der Waals surface area (Å²) in [5.74, 6) is -0.318. The Hall–Kier alpha value is -3.86. The summed E-state index contributed by atoms with van der Waals surface area (Å²) in [4.78, 5) is 23.1. The van der Waals surface area contributed by atoms with Crippen LogP contribution >= 0.6 is 0 Å². The van der Waals surface area contributed by atoms with Crippen LogP contribution in [0.4, 0.5) is 19.1 Å². The summed E-state index contributed by atoms with van der Waals surface area (Å²) in [6.07, 6.45) is 2.29. The Labute approximate surface area is 184 Å². The van der Waals surface area contributed by atoms with Gasteiger partial charge in [-0.2, -0.15) is 23.4 Å². The van der Waals surface area contributed by atoms with Gasteiger partial charge in [-0.3, -0.25) is 4.79 Å². The number of nitriles is 1. The molecule has 1 fully saturated rings. The zero-order valence-electron chi connectivity index (χ0n) is 16.6. The number of carbonyl (C=O) groups is 1. The molecule has 4 heterocycles. The average molecular weight is 481 g/mol. The maximum atomic E-state index is 13.0. The van der Waals surface area contributed by atoms with Crippen LogP contribution in [0.3, 0.4) is 0 Å². The molecule has 0 unspecified atom stereocenters. The fraction of sp³-hybridized carbons (Fsp3) is 0.263. The summed E-state index contributed by atoms with van der Waals surface area (Å²) in [7, 11) is -5.81. The Morgan fingerprint density at radius 3 is 2.48 bits per heavy atom. The lowest BCUT2D eigenvalue weighted by Crippen LogP contribution is -2.49. The Balaban J connectivity index is 1.53. The van der Waals surface area contributed by atoms with Gasteiger partial charge in [0.1, 0.15) is 6.07 Å². The quantitative estimate of drug-likeness (QED) is 0.551. The highest BCUT2D eigenvalue weighted by Crippen LogP contribution is 2.32. The van der Waals surface area contributed by atoms with E-state index in [0.29, 0.717) is 5.76 Å². The van der Waals surface area contributed by atoms with Gasteiger partial charge in [-0.05, 0) is 24.3 Å². The minimum absolute atomic E-state index is 0.00647. The summed E-state index contributed by atoms with van der Waals surface area (Å²) in [5.41, 5.74) is -6.26. The van der Waals surface area contributed by atoms with Crippen LogP contribution in [0, 0.1) is 11.3 Å². The fourth-order valence-electron chi connectivity index (χ4n) is 3.27. The first-order chi connectivity index (χ1) is 15.6. The Morgan fingerprint density at radius 1 is 1.15 bits per heavy atom. The number of oxazole rings is 1. The lowest BCUT2D eigenvalue weighted by molar-refractivity contribution is -0.0438. The van der Waals surface area contributed by atoms with Crippen LogP contribution in [-0.4, -0.2) is 60.9 Å². The van der Waals surface area contributed by atoms with Gasteiger partial charge in [-0.1, -0.05) is 0 Å². The van der Waals surface area contributed by atoms with Crippen molar-refractivity contribution < 1.29 is 35.2 Å². The van der Waals surface area contributed by atoms with Crippen LogP contribution in [0.25, 0.3) is 11.7 Å². The molecule has 3 aromatic heterocycles. The molecule has 0 spiro atoms. The summed E-state index contributed by atoms with van der Waals surface area (Å²) in [6, 6.07) is 7.32. The number of pyridine rings is 1. The molecule has 0 atom stereocenters. The van der Waals surface area contributed by atoms with Crippen molar-refractivity contribution in [2.75, 3.05) is 31.1 Å². The first-order valence-electron chi connectivity index (χ1n) is 9.39. The summed E-state index contributed by atoms with van der Waals surface area (Å²) >= 11 is 0. The largest absolute Gasteiger partial charge is 0.503 e. The van der Waals surface area contributed by atoms with Gasteiger partial charge in [-0.25, -0.2) is 13.4 Å². The molecule has 1 aliphatic heterocycles. The SMILES string of the molecule is N#Cc1nc(-c2ccco2)oc1N1CCN(C(=O)c2cccnc2S(=O)(=O)C(F)(F)F)CC1. The zero-order chi connectivity index (χ0) is 23.8. The summed E-state index contributed by atoms with van der Waals surface area (Å²) in [6.45, 7) is 0.380. The summed E-state index contributed by atoms with van der Waals surface area (Å²) in [5, 5.41) is 8.03. The van der Waals surface area contributed by atoms with Crippen LogP contribution in [0.5, 0.6) is 0 Å². The van der Waals surface area contributed by atoms with Crippen molar-refractivity contribution in [3.63, 3.8) is 0 Å². The predicted octanol–water partition coefficient (Wildman–Crippen LogP) is 2.46. The minimum atomic E-state index is -5.81. The van der Waals surface area contributed by atoms with E-state index in [1.165, 1.54) is 17.2 Å². The highest BCUT2D eigenvalue weighted by molar-refractivity contribution is 7.92. The van der Waals surface area contributed by atoms with Crippen molar-refractivity contribution in [1.82, 2.24) is 14.9 Å². The third-order valence-corrected chi connectivity index (χ3v) is 6.31. The Morgan fingerprint density at radius 2 is 1.88 bits per heavy atom. The molecule has 1 saturated heterocycles. The lowest BCUT2D eigenvalue weighted by Gasteiger charge is -2.34. The van der Waals surface area contributed by atoms with Crippen LogP contribution in [0.2, 0.25) is 0 Å². The second-order valence-electron chi connectivity index (χ2n) is 6.85. The molecule has 4 rings (SSSR count). The number of amides is 1. The molecule has 0 N–H and O–H groups in total. The van der Waals surface area contributed by atoms with Crippen LogP contribution in [0.1, 0.15) is 16.1 Å². The van der Waals surface area contributed by atoms with Gasteiger partial charge in [0, 0.05) is 32.4 Å². The van der Waals surface area contributed by atoms with Gasteiger partial charge in [-0.15, -0.1) is 0 Å². The maximum absolute atomic E-state index is 13.0. The topological polar surface area (TPSA) is 134 Å². The Bertz CT molecular complexity index is 1320. The van der Waals surface area contributed by atoms with Gasteiger partial charge < -0.3 is 18.6 Å². The first kappa shape index (κ1) is 22.3. The number of carbonyl (C=O) groups excluding carboxylic acids is 1. The highest BCUT2D eigenvalue weighted by Gasteiger charge is 2.49. The highest BCUT2D eigenvalue weighted by atomic mass is 32.2. The van der Waals surface area contributed by atoms with Crippen molar-refractivity contribution in [1.29, 1.82) is 5.26 Å². The maximum Gasteiger partial charge on any atom is 0.503 e. The van der Waals surface area contributed by atoms with Crippen LogP contribution in [0.15, 0.2) is 50.6 Å². The molecule has 172 valence electrons. The molecule has 10 nitrogen and oxygen atoms in total. The van der Waals surface area contributed by atoms with Gasteiger partial charge in [0.15, 0.2) is 10.8 Å². The third kappa shape index (κ3) is 4.02. The van der Waals surface area contributed by atoms with E-state index >= 15 is 0 Å². The minimum Gasteiger partial charge on any atom is -0.459 e. The lowest BCUT2D eigenvalue weighted by atomic mass is 10.2. The number of hydrogen-bond acceptors (Lipinski definition) is 9. The molecule has 0 bridgehead atoms. The van der Waals surface area contributed by atoms with Crippen molar-refractivity contribution in [3.05, 3.63) is 48.0 Å². The Kier molecular flexibility index (Phi) is 5.58.